The summed E-state index contributed by atoms with van der Waals surface area (Å²) in [5.74, 6) is -0.232. The number of nitrogens with zero attached hydrogens (tertiary/aromatic N) is 2. The van der Waals surface area contributed by atoms with Gasteiger partial charge in [-0.05, 0) is 29.7 Å². The number of pyridine rings is 1. The van der Waals surface area contributed by atoms with Gasteiger partial charge in [0, 0.05) is 31.2 Å². The van der Waals surface area contributed by atoms with Crippen molar-refractivity contribution in [2.24, 2.45) is 0 Å². The Kier molecular flexibility index (Phi) is 5.01. The van der Waals surface area contributed by atoms with E-state index in [9.17, 15) is 13.2 Å². The summed E-state index contributed by atoms with van der Waals surface area (Å²) < 4.78 is 27.3. The Morgan fingerprint density at radius 3 is 2.50 bits per heavy atom. The molecule has 0 saturated heterocycles. The molecule has 3 rings (SSSR count). The molecule has 0 atom stereocenters. The van der Waals surface area contributed by atoms with Gasteiger partial charge in [0.2, 0.25) is 16.6 Å². The number of sulfonamides is 1. The molecule has 0 unspecified atom stereocenters. The molecule has 7 heteroatoms. The summed E-state index contributed by atoms with van der Waals surface area (Å²) in [4.78, 5) is 12.5. The first-order valence-electron chi connectivity index (χ1n) is 8.06. The van der Waals surface area contributed by atoms with Crippen LogP contribution in [0.1, 0.15) is 0 Å². The minimum Gasteiger partial charge on any atom is -0.321 e. The molecule has 26 heavy (non-hydrogen) atoms. The molecule has 2 aromatic carbocycles. The average molecular weight is 370 g/mol. The predicted octanol–water partition coefficient (Wildman–Crippen LogP) is 2.02. The summed E-state index contributed by atoms with van der Waals surface area (Å²) in [6.45, 7) is 0.134. The number of rotatable bonds is 5. The second-order valence-electron chi connectivity index (χ2n) is 6.11. The van der Waals surface area contributed by atoms with E-state index in [1.807, 2.05) is 42.7 Å². The molecule has 1 heterocycles. The highest BCUT2D eigenvalue weighted by molar-refractivity contribution is 7.89. The molecule has 0 radical (unpaired) electrons. The van der Waals surface area contributed by atoms with Crippen LogP contribution in [0.25, 0.3) is 10.8 Å². The molecule has 0 aliphatic carbocycles. The number of carbonyl (C=O) groups excluding carboxylic acids is 1. The number of amides is 1. The van der Waals surface area contributed by atoms with Gasteiger partial charge >= 0.3 is 0 Å². The highest BCUT2D eigenvalue weighted by Gasteiger charge is 2.18. The van der Waals surface area contributed by atoms with Crippen molar-refractivity contribution in [3.05, 3.63) is 67.0 Å². The second kappa shape index (κ2) is 7.23. The zero-order chi connectivity index (χ0) is 18.7. The van der Waals surface area contributed by atoms with Crippen LogP contribution in [0.5, 0.6) is 0 Å². The van der Waals surface area contributed by atoms with Crippen LogP contribution in [-0.2, 0) is 21.4 Å². The zero-order valence-electron chi connectivity index (χ0n) is 14.6. The lowest BCUT2D eigenvalue weighted by Crippen LogP contribution is -2.39. The van der Waals surface area contributed by atoms with Gasteiger partial charge in [-0.15, -0.1) is 0 Å². The Morgan fingerprint density at radius 2 is 1.77 bits per heavy atom. The Balaban J connectivity index is 1.75. The van der Waals surface area contributed by atoms with Crippen LogP contribution in [0, 0.1) is 0 Å². The second-order valence-corrected chi connectivity index (χ2v) is 8.26. The van der Waals surface area contributed by atoms with Crippen LogP contribution in [0.15, 0.2) is 71.9 Å². The largest absolute Gasteiger partial charge is 0.321 e. The summed E-state index contributed by atoms with van der Waals surface area (Å²) in [6, 6.07) is 16.1. The number of benzene rings is 2. The van der Waals surface area contributed by atoms with Crippen LogP contribution in [0.2, 0.25) is 0 Å². The van der Waals surface area contributed by atoms with E-state index < -0.39 is 10.0 Å². The van der Waals surface area contributed by atoms with Crippen LogP contribution < -0.4 is 9.88 Å². The van der Waals surface area contributed by atoms with Crippen molar-refractivity contribution in [3.8, 4) is 0 Å². The van der Waals surface area contributed by atoms with Gasteiger partial charge in [0.05, 0.1) is 4.90 Å². The van der Waals surface area contributed by atoms with E-state index in [-0.39, 0.29) is 17.3 Å². The number of hydrogen-bond acceptors (Lipinski definition) is 3. The lowest BCUT2D eigenvalue weighted by atomic mass is 10.2. The highest BCUT2D eigenvalue weighted by atomic mass is 32.2. The monoisotopic (exact) mass is 370 g/mol. The Hall–Kier alpha value is -2.77. The molecule has 1 amide bonds. The SMILES string of the molecule is CN(C)S(=O)(=O)c1cccc(NC(=O)C[n+]2ccc3ccccc3c2)c1. The molecule has 1 aromatic heterocycles. The van der Waals surface area contributed by atoms with Gasteiger partial charge in [0.25, 0.3) is 5.91 Å². The first-order valence-corrected chi connectivity index (χ1v) is 9.50. The van der Waals surface area contributed by atoms with Crippen LogP contribution in [0.4, 0.5) is 5.69 Å². The van der Waals surface area contributed by atoms with Crippen molar-refractivity contribution < 1.29 is 17.8 Å². The fourth-order valence-electron chi connectivity index (χ4n) is 2.59. The van der Waals surface area contributed by atoms with Crippen molar-refractivity contribution in [3.63, 3.8) is 0 Å². The van der Waals surface area contributed by atoms with Crippen LogP contribution in [0.3, 0.4) is 0 Å². The van der Waals surface area contributed by atoms with Gasteiger partial charge in [-0.3, -0.25) is 4.79 Å². The molecule has 6 nitrogen and oxygen atoms in total. The minimum atomic E-state index is -3.54. The number of nitrogens with one attached hydrogen (secondary N) is 1. The molecule has 0 bridgehead atoms. The third-order valence-electron chi connectivity index (χ3n) is 3.97. The number of aromatic nitrogens is 1. The third kappa shape index (κ3) is 3.89. The fourth-order valence-corrected chi connectivity index (χ4v) is 3.54. The summed E-state index contributed by atoms with van der Waals surface area (Å²) in [5.41, 5.74) is 0.444. The molecule has 0 spiro atoms. The van der Waals surface area contributed by atoms with E-state index in [4.69, 9.17) is 0 Å². The Morgan fingerprint density at radius 1 is 1.04 bits per heavy atom. The minimum absolute atomic E-state index is 0.134. The summed E-state index contributed by atoms with van der Waals surface area (Å²) in [7, 11) is -0.603. The Labute approximate surface area is 152 Å². The standard InChI is InChI=1S/C19H19N3O3S/c1-21(2)26(24,25)18-9-5-8-17(12-18)20-19(23)14-22-11-10-15-6-3-4-7-16(15)13-22/h3-13H,14H2,1-2H3/p+1. The Bertz CT molecular complexity index is 1060. The van der Waals surface area contributed by atoms with Gasteiger partial charge in [-0.25, -0.2) is 12.7 Å². The van der Waals surface area contributed by atoms with Crippen molar-refractivity contribution in [2.75, 3.05) is 19.4 Å². The third-order valence-corrected chi connectivity index (χ3v) is 5.78. The van der Waals surface area contributed by atoms with Gasteiger partial charge in [-0.1, -0.05) is 24.3 Å². The van der Waals surface area contributed by atoms with E-state index in [1.54, 1.807) is 16.7 Å². The smallest absolute Gasteiger partial charge is 0.290 e. The predicted molar refractivity (Wildman–Crippen MR) is 100 cm³/mol. The molecule has 0 fully saturated rings. The van der Waals surface area contributed by atoms with Crippen molar-refractivity contribution in [1.82, 2.24) is 4.31 Å². The highest BCUT2D eigenvalue weighted by Crippen LogP contribution is 2.18. The summed E-state index contributed by atoms with van der Waals surface area (Å²) in [5, 5.41) is 4.89. The van der Waals surface area contributed by atoms with E-state index >= 15 is 0 Å². The molecule has 0 saturated carbocycles. The maximum atomic E-state index is 12.3. The number of anilines is 1. The number of hydrogen-bond donors (Lipinski definition) is 1. The van der Waals surface area contributed by atoms with Gasteiger partial charge in [-0.2, -0.15) is 4.57 Å². The van der Waals surface area contributed by atoms with Crippen molar-refractivity contribution in [1.29, 1.82) is 0 Å². The first-order chi connectivity index (χ1) is 12.4. The molecule has 3 aromatic rings. The van der Waals surface area contributed by atoms with Gasteiger partial charge in [0.1, 0.15) is 0 Å². The van der Waals surface area contributed by atoms with Crippen LogP contribution >= 0.6 is 0 Å². The van der Waals surface area contributed by atoms with Crippen molar-refractivity contribution >= 4 is 32.4 Å². The van der Waals surface area contributed by atoms with Gasteiger partial charge in [0.15, 0.2) is 12.4 Å². The topological polar surface area (TPSA) is 70.4 Å². The molecule has 134 valence electrons. The first kappa shape index (κ1) is 18.0. The molecular formula is C19H20N3O3S+. The number of carbonyl (C=O) groups is 1. The van der Waals surface area contributed by atoms with E-state index in [1.165, 1.54) is 26.2 Å². The van der Waals surface area contributed by atoms with Crippen molar-refractivity contribution in [2.45, 2.75) is 11.4 Å². The molecule has 1 N–H and O–H groups in total. The summed E-state index contributed by atoms with van der Waals surface area (Å²) in [6.07, 6.45) is 3.75. The van der Waals surface area contributed by atoms with Gasteiger partial charge < -0.3 is 5.32 Å². The average Bonchev–Trinajstić information content (AvgIpc) is 2.61. The fraction of sp³-hybridized carbons (Fsp3) is 0.158. The summed E-state index contributed by atoms with van der Waals surface area (Å²) >= 11 is 0. The molecular weight excluding hydrogens is 350 g/mol. The lowest BCUT2D eigenvalue weighted by Gasteiger charge is -2.12. The normalized spacial score (nSPS) is 11.7. The molecule has 0 aliphatic rings. The lowest BCUT2D eigenvalue weighted by molar-refractivity contribution is -0.682. The van der Waals surface area contributed by atoms with Crippen LogP contribution in [-0.4, -0.2) is 32.7 Å². The van der Waals surface area contributed by atoms with E-state index in [0.29, 0.717) is 5.69 Å². The van der Waals surface area contributed by atoms with E-state index in [0.717, 1.165) is 15.1 Å². The maximum absolute atomic E-state index is 12.3. The van der Waals surface area contributed by atoms with E-state index in [2.05, 4.69) is 5.32 Å². The quantitative estimate of drug-likeness (QED) is 0.699. The zero-order valence-corrected chi connectivity index (χ0v) is 15.4. The maximum Gasteiger partial charge on any atom is 0.290 e. The number of fused-ring (bicyclic) bond motifs is 1. The molecule has 0 aliphatic heterocycles.